The molecule has 1 N–H and O–H groups in total. The Bertz CT molecular complexity index is 354. The van der Waals surface area contributed by atoms with Gasteiger partial charge in [-0.15, -0.1) is 0 Å². The molecule has 4 heteroatoms. The third-order valence-electron chi connectivity index (χ3n) is 1.76. The lowest BCUT2D eigenvalue weighted by molar-refractivity contribution is 0.0697. The zero-order valence-electron chi connectivity index (χ0n) is 8.06. The molecule has 0 unspecified atom stereocenters. The summed E-state index contributed by atoms with van der Waals surface area (Å²) in [4.78, 5) is 11.2. The summed E-state index contributed by atoms with van der Waals surface area (Å²) in [6, 6.07) is 6.13. The number of hydrogen-bond donors (Lipinski definition) is 1. The second-order valence-corrected chi connectivity index (χ2v) is 5.18. The van der Waals surface area contributed by atoms with Crippen LogP contribution >= 0.6 is 0 Å². The van der Waals surface area contributed by atoms with Crippen LogP contribution in [-0.2, 0) is 10.8 Å². The van der Waals surface area contributed by atoms with Crippen molar-refractivity contribution in [1.82, 2.24) is 0 Å². The van der Waals surface area contributed by atoms with Crippen molar-refractivity contribution in [2.45, 2.75) is 24.0 Å². The number of carbonyl (C=O) groups is 1. The summed E-state index contributed by atoms with van der Waals surface area (Å²) >= 11 is 0. The first-order valence-electron chi connectivity index (χ1n) is 4.26. The van der Waals surface area contributed by atoms with Crippen molar-refractivity contribution in [2.75, 3.05) is 0 Å². The molecule has 0 aliphatic rings. The summed E-state index contributed by atoms with van der Waals surface area (Å²) in [7, 11) is -1.05. The molecule has 1 atom stereocenters. The molecular weight excluding hydrogens is 200 g/mol. The van der Waals surface area contributed by atoms with Crippen LogP contribution in [0.25, 0.3) is 0 Å². The minimum absolute atomic E-state index is 0.0469. The number of carboxylic acids is 1. The summed E-state index contributed by atoms with van der Waals surface area (Å²) < 4.78 is 11.6. The van der Waals surface area contributed by atoms with Crippen LogP contribution in [-0.4, -0.2) is 20.5 Å². The smallest absolute Gasteiger partial charge is 0.335 e. The van der Waals surface area contributed by atoms with Gasteiger partial charge in [-0.05, 0) is 24.3 Å². The predicted molar refractivity (Wildman–Crippen MR) is 54.9 cm³/mol. The van der Waals surface area contributed by atoms with Crippen LogP contribution in [0.1, 0.15) is 24.2 Å². The van der Waals surface area contributed by atoms with Crippen molar-refractivity contribution in [3.05, 3.63) is 29.8 Å². The van der Waals surface area contributed by atoms with Gasteiger partial charge in [0.1, 0.15) is 0 Å². The Morgan fingerprint density at radius 1 is 1.29 bits per heavy atom. The molecule has 0 fully saturated rings. The van der Waals surface area contributed by atoms with Crippen LogP contribution < -0.4 is 0 Å². The average Bonchev–Trinajstić information content (AvgIpc) is 2.16. The fourth-order valence-corrected chi connectivity index (χ4v) is 1.95. The zero-order valence-corrected chi connectivity index (χ0v) is 8.88. The normalized spacial score (nSPS) is 12.8. The highest BCUT2D eigenvalue weighted by Crippen LogP contribution is 2.12. The molecule has 14 heavy (non-hydrogen) atoms. The quantitative estimate of drug-likeness (QED) is 0.832. The number of carboxylic acid groups (broad SMARTS) is 1. The Balaban J connectivity index is 2.94. The molecular formula is C10H12O3S. The van der Waals surface area contributed by atoms with Gasteiger partial charge >= 0.3 is 5.97 Å². The third-order valence-corrected chi connectivity index (χ3v) is 3.35. The Hall–Kier alpha value is -1.16. The van der Waals surface area contributed by atoms with Crippen molar-refractivity contribution >= 4 is 16.8 Å². The molecule has 0 saturated carbocycles. The van der Waals surface area contributed by atoms with Crippen LogP contribution in [0.2, 0.25) is 0 Å². The van der Waals surface area contributed by atoms with Crippen LogP contribution in [0, 0.1) is 0 Å². The monoisotopic (exact) mass is 212 g/mol. The van der Waals surface area contributed by atoms with Gasteiger partial charge in [0.2, 0.25) is 0 Å². The molecule has 0 spiro atoms. The second kappa shape index (κ2) is 4.37. The van der Waals surface area contributed by atoms with Gasteiger partial charge < -0.3 is 5.11 Å². The Morgan fingerprint density at radius 3 is 2.14 bits per heavy atom. The topological polar surface area (TPSA) is 54.4 Å². The Morgan fingerprint density at radius 2 is 1.79 bits per heavy atom. The maximum absolute atomic E-state index is 11.6. The molecule has 0 bridgehead atoms. The highest BCUT2D eigenvalue weighted by atomic mass is 32.2. The lowest BCUT2D eigenvalue weighted by atomic mass is 10.2. The van der Waals surface area contributed by atoms with E-state index in [1.54, 1.807) is 12.1 Å². The maximum atomic E-state index is 11.6. The van der Waals surface area contributed by atoms with Crippen molar-refractivity contribution < 1.29 is 14.1 Å². The highest BCUT2D eigenvalue weighted by molar-refractivity contribution is 7.85. The molecule has 76 valence electrons. The summed E-state index contributed by atoms with van der Waals surface area (Å²) in [6.07, 6.45) is 0. The van der Waals surface area contributed by atoms with Gasteiger partial charge in [0.05, 0.1) is 16.4 Å². The summed E-state index contributed by atoms with van der Waals surface area (Å²) in [5.41, 5.74) is 0.217. The van der Waals surface area contributed by atoms with Gasteiger partial charge in [-0.2, -0.15) is 0 Å². The molecule has 1 aromatic carbocycles. The summed E-state index contributed by atoms with van der Waals surface area (Å²) in [5, 5.41) is 8.69. The molecule has 0 heterocycles. The van der Waals surface area contributed by atoms with Crippen LogP contribution in [0.4, 0.5) is 0 Å². The largest absolute Gasteiger partial charge is 0.478 e. The number of rotatable bonds is 3. The van der Waals surface area contributed by atoms with E-state index in [9.17, 15) is 9.00 Å². The first-order valence-corrected chi connectivity index (χ1v) is 5.47. The van der Waals surface area contributed by atoms with E-state index in [0.717, 1.165) is 0 Å². The van der Waals surface area contributed by atoms with Crippen molar-refractivity contribution in [3.8, 4) is 0 Å². The van der Waals surface area contributed by atoms with Crippen molar-refractivity contribution in [2.24, 2.45) is 0 Å². The third kappa shape index (κ3) is 2.42. The van der Waals surface area contributed by atoms with Crippen LogP contribution in [0.15, 0.2) is 29.2 Å². The molecule has 1 rings (SSSR count). The molecule has 0 radical (unpaired) electrons. The summed E-state index contributed by atoms with van der Waals surface area (Å²) in [6.45, 7) is 3.72. The van der Waals surface area contributed by atoms with E-state index in [-0.39, 0.29) is 10.8 Å². The molecule has 0 aromatic heterocycles. The van der Waals surface area contributed by atoms with E-state index >= 15 is 0 Å². The van der Waals surface area contributed by atoms with Gasteiger partial charge in [0, 0.05) is 10.1 Å². The molecule has 0 amide bonds. The van der Waals surface area contributed by atoms with E-state index in [1.165, 1.54) is 12.1 Å². The number of aromatic carboxylic acids is 1. The maximum Gasteiger partial charge on any atom is 0.335 e. The fourth-order valence-electron chi connectivity index (χ4n) is 1.00. The van der Waals surface area contributed by atoms with Gasteiger partial charge in [-0.1, -0.05) is 13.8 Å². The minimum Gasteiger partial charge on any atom is -0.478 e. The van der Waals surface area contributed by atoms with Crippen molar-refractivity contribution in [1.29, 1.82) is 0 Å². The highest BCUT2D eigenvalue weighted by Gasteiger charge is 2.09. The average molecular weight is 212 g/mol. The van der Waals surface area contributed by atoms with E-state index in [0.29, 0.717) is 4.90 Å². The standard InChI is InChI=1S/C10H12O3S/c1-7(2)14(13)9-5-3-8(4-6-9)10(11)12/h3-7H,1-2H3,(H,11,12)/t14-/m0/s1. The summed E-state index contributed by atoms with van der Waals surface area (Å²) in [5.74, 6) is -0.966. The van der Waals surface area contributed by atoms with E-state index in [4.69, 9.17) is 5.11 Å². The molecule has 1 aromatic rings. The first-order chi connectivity index (χ1) is 6.52. The van der Waals surface area contributed by atoms with Gasteiger partial charge in [-0.3, -0.25) is 4.21 Å². The lowest BCUT2D eigenvalue weighted by Gasteiger charge is -2.05. The first kappa shape index (κ1) is 10.9. The van der Waals surface area contributed by atoms with Gasteiger partial charge in [0.15, 0.2) is 0 Å². The second-order valence-electron chi connectivity index (χ2n) is 3.18. The minimum atomic E-state index is -1.05. The predicted octanol–water partition coefficient (Wildman–Crippen LogP) is 1.90. The van der Waals surface area contributed by atoms with E-state index in [1.807, 2.05) is 13.8 Å². The molecule has 3 nitrogen and oxygen atoms in total. The molecule has 0 aliphatic carbocycles. The zero-order chi connectivity index (χ0) is 10.7. The number of hydrogen-bond acceptors (Lipinski definition) is 2. The molecule has 0 aliphatic heterocycles. The molecule has 0 saturated heterocycles. The fraction of sp³-hybridized carbons (Fsp3) is 0.300. The SMILES string of the molecule is CC(C)[S@](=O)c1ccc(C(=O)O)cc1. The Kier molecular flexibility index (Phi) is 3.41. The Labute approximate surface area is 85.2 Å². The van der Waals surface area contributed by atoms with E-state index in [2.05, 4.69) is 0 Å². The van der Waals surface area contributed by atoms with Crippen molar-refractivity contribution in [3.63, 3.8) is 0 Å². The number of benzene rings is 1. The lowest BCUT2D eigenvalue weighted by Crippen LogP contribution is -2.06. The van der Waals surface area contributed by atoms with Gasteiger partial charge in [0.25, 0.3) is 0 Å². The van der Waals surface area contributed by atoms with Crippen LogP contribution in [0.5, 0.6) is 0 Å². The van der Waals surface area contributed by atoms with E-state index < -0.39 is 16.8 Å². The van der Waals surface area contributed by atoms with Gasteiger partial charge in [-0.25, -0.2) is 4.79 Å². The van der Waals surface area contributed by atoms with Crippen LogP contribution in [0.3, 0.4) is 0 Å².